The lowest BCUT2D eigenvalue weighted by molar-refractivity contribution is 1.34. The molecule has 0 spiro atoms. The molecule has 0 unspecified atom stereocenters. The summed E-state index contributed by atoms with van der Waals surface area (Å²) >= 11 is 0. The normalized spacial score (nSPS) is 11.3. The van der Waals surface area contributed by atoms with Crippen LogP contribution >= 0.6 is 0 Å². The summed E-state index contributed by atoms with van der Waals surface area (Å²) in [4.78, 5) is 4.80. The van der Waals surface area contributed by atoms with Gasteiger partial charge in [0.25, 0.3) is 0 Å². The molecule has 0 atom stereocenters. The lowest BCUT2D eigenvalue weighted by Gasteiger charge is -2.29. The highest BCUT2D eigenvalue weighted by Gasteiger charge is 2.34. The molecule has 0 aliphatic carbocycles. The molecular formula is C24H21NSi. The third-order valence-electron chi connectivity index (χ3n) is 5.11. The lowest BCUT2D eigenvalue weighted by Crippen LogP contribution is -2.64. The number of rotatable bonds is 4. The van der Waals surface area contributed by atoms with Crippen molar-refractivity contribution >= 4 is 23.6 Å². The van der Waals surface area contributed by atoms with Gasteiger partial charge in [-0.2, -0.15) is 0 Å². The summed E-state index contributed by atoms with van der Waals surface area (Å²) in [7, 11) is -2.06. The number of hydrogen-bond acceptors (Lipinski definition) is 1. The van der Waals surface area contributed by atoms with Crippen LogP contribution in [-0.4, -0.2) is 13.1 Å². The van der Waals surface area contributed by atoms with Crippen LogP contribution in [0.5, 0.6) is 0 Å². The van der Waals surface area contributed by atoms with Gasteiger partial charge in [-0.25, -0.2) is 0 Å². The highest BCUT2D eigenvalue weighted by atomic mass is 28.3. The van der Waals surface area contributed by atoms with Crippen molar-refractivity contribution in [3.63, 3.8) is 0 Å². The minimum atomic E-state index is -2.06. The van der Waals surface area contributed by atoms with Crippen molar-refractivity contribution in [3.8, 4) is 11.3 Å². The summed E-state index contributed by atoms with van der Waals surface area (Å²) in [5, 5.41) is 4.13. The molecule has 2 heteroatoms. The molecular weight excluding hydrogens is 330 g/mol. The molecule has 26 heavy (non-hydrogen) atoms. The first kappa shape index (κ1) is 16.5. The summed E-state index contributed by atoms with van der Waals surface area (Å²) in [5.41, 5.74) is 2.17. The topological polar surface area (TPSA) is 12.9 Å². The van der Waals surface area contributed by atoms with Crippen LogP contribution in [0.15, 0.2) is 109 Å². The van der Waals surface area contributed by atoms with Crippen LogP contribution in [0, 0.1) is 0 Å². The smallest absolute Gasteiger partial charge is 0.147 e. The van der Waals surface area contributed by atoms with Crippen LogP contribution in [0.4, 0.5) is 0 Å². The standard InChI is InChI=1S/C24H21NSi/c1-26(21-13-7-3-8-14-21,22-15-9-4-10-16-22)23-17-18-24(25-19-23)20-11-5-2-6-12-20/h2-19H,1H3. The molecule has 0 fully saturated rings. The number of aromatic nitrogens is 1. The summed E-state index contributed by atoms with van der Waals surface area (Å²) in [6, 6.07) is 36.5. The van der Waals surface area contributed by atoms with Crippen molar-refractivity contribution in [2.75, 3.05) is 0 Å². The fraction of sp³-hybridized carbons (Fsp3) is 0.0417. The van der Waals surface area contributed by atoms with E-state index in [1.165, 1.54) is 15.6 Å². The molecule has 4 rings (SSSR count). The highest BCUT2D eigenvalue weighted by molar-refractivity contribution is 7.10. The Morgan fingerprint density at radius 1 is 0.538 bits per heavy atom. The van der Waals surface area contributed by atoms with Gasteiger partial charge in [0.2, 0.25) is 0 Å². The molecule has 0 radical (unpaired) electrons. The maximum atomic E-state index is 4.80. The van der Waals surface area contributed by atoms with Gasteiger partial charge < -0.3 is 0 Å². The van der Waals surface area contributed by atoms with E-state index in [4.69, 9.17) is 4.98 Å². The van der Waals surface area contributed by atoms with Gasteiger partial charge in [-0.15, -0.1) is 0 Å². The quantitative estimate of drug-likeness (QED) is 0.509. The molecule has 0 saturated heterocycles. The molecule has 1 aromatic heterocycles. The SMILES string of the molecule is C[Si](c1ccccc1)(c1ccccc1)c1ccc(-c2ccccc2)nc1. The summed E-state index contributed by atoms with van der Waals surface area (Å²) < 4.78 is 0. The van der Waals surface area contributed by atoms with Crippen LogP contribution in [0.2, 0.25) is 6.55 Å². The monoisotopic (exact) mass is 351 g/mol. The minimum absolute atomic E-state index is 1.02. The van der Waals surface area contributed by atoms with E-state index in [0.717, 1.165) is 11.3 Å². The molecule has 4 aromatic rings. The predicted molar refractivity (Wildman–Crippen MR) is 113 cm³/mol. The van der Waals surface area contributed by atoms with Crippen molar-refractivity contribution in [2.24, 2.45) is 0 Å². The Balaban J connectivity index is 1.83. The van der Waals surface area contributed by atoms with E-state index in [1.54, 1.807) is 0 Å². The molecule has 0 bridgehead atoms. The maximum Gasteiger partial charge on any atom is 0.147 e. The van der Waals surface area contributed by atoms with Gasteiger partial charge in [0, 0.05) is 11.8 Å². The molecule has 3 aromatic carbocycles. The van der Waals surface area contributed by atoms with E-state index in [1.807, 2.05) is 6.07 Å². The Bertz CT molecular complexity index is 925. The highest BCUT2D eigenvalue weighted by Crippen LogP contribution is 2.15. The van der Waals surface area contributed by atoms with E-state index in [9.17, 15) is 0 Å². The zero-order chi connectivity index (χ0) is 17.8. The van der Waals surface area contributed by atoms with Gasteiger partial charge in [0.1, 0.15) is 8.07 Å². The molecule has 0 amide bonds. The molecule has 0 aliphatic rings. The summed E-state index contributed by atoms with van der Waals surface area (Å²) in [6.07, 6.45) is 2.08. The van der Waals surface area contributed by atoms with Crippen molar-refractivity contribution in [2.45, 2.75) is 6.55 Å². The van der Waals surface area contributed by atoms with E-state index < -0.39 is 8.07 Å². The van der Waals surface area contributed by atoms with Gasteiger partial charge in [-0.05, 0) is 21.6 Å². The Hall–Kier alpha value is -2.97. The third-order valence-corrected chi connectivity index (χ3v) is 9.54. The second-order valence-electron chi connectivity index (χ2n) is 6.66. The van der Waals surface area contributed by atoms with E-state index in [2.05, 4.69) is 110 Å². The molecule has 0 N–H and O–H groups in total. The van der Waals surface area contributed by atoms with E-state index >= 15 is 0 Å². The van der Waals surface area contributed by atoms with Crippen LogP contribution in [-0.2, 0) is 0 Å². The van der Waals surface area contributed by atoms with Crippen molar-refractivity contribution in [1.82, 2.24) is 4.98 Å². The maximum absolute atomic E-state index is 4.80. The number of benzene rings is 3. The fourth-order valence-electron chi connectivity index (χ4n) is 3.51. The van der Waals surface area contributed by atoms with Crippen LogP contribution in [0.1, 0.15) is 0 Å². The van der Waals surface area contributed by atoms with Gasteiger partial charge in [-0.3, -0.25) is 4.98 Å². The zero-order valence-electron chi connectivity index (χ0n) is 14.8. The van der Waals surface area contributed by atoms with Crippen molar-refractivity contribution in [3.05, 3.63) is 109 Å². The fourth-order valence-corrected chi connectivity index (χ4v) is 6.97. The minimum Gasteiger partial charge on any atom is -0.256 e. The van der Waals surface area contributed by atoms with Crippen LogP contribution < -0.4 is 15.6 Å². The summed E-state index contributed by atoms with van der Waals surface area (Å²) in [6.45, 7) is 2.41. The molecule has 0 saturated carbocycles. The first-order valence-electron chi connectivity index (χ1n) is 8.91. The number of hydrogen-bond donors (Lipinski definition) is 0. The molecule has 1 nitrogen and oxygen atoms in total. The molecule has 126 valence electrons. The number of nitrogens with zero attached hydrogens (tertiary/aromatic N) is 1. The van der Waals surface area contributed by atoms with Gasteiger partial charge in [-0.1, -0.05) is 104 Å². The second kappa shape index (κ2) is 7.10. The molecule has 0 aliphatic heterocycles. The van der Waals surface area contributed by atoms with E-state index in [-0.39, 0.29) is 0 Å². The van der Waals surface area contributed by atoms with Crippen molar-refractivity contribution < 1.29 is 0 Å². The predicted octanol–water partition coefficient (Wildman–Crippen LogP) is 3.85. The lowest BCUT2D eigenvalue weighted by atomic mass is 10.1. The largest absolute Gasteiger partial charge is 0.256 e. The van der Waals surface area contributed by atoms with Gasteiger partial charge >= 0.3 is 0 Å². The Labute approximate surface area is 156 Å². The number of pyridine rings is 1. The van der Waals surface area contributed by atoms with E-state index in [0.29, 0.717) is 0 Å². The second-order valence-corrected chi connectivity index (χ2v) is 10.6. The molecule has 1 heterocycles. The zero-order valence-corrected chi connectivity index (χ0v) is 15.8. The van der Waals surface area contributed by atoms with Crippen LogP contribution in [0.25, 0.3) is 11.3 Å². The van der Waals surface area contributed by atoms with Gasteiger partial charge in [0.05, 0.1) is 5.69 Å². The first-order valence-corrected chi connectivity index (χ1v) is 11.4. The average molecular weight is 352 g/mol. The van der Waals surface area contributed by atoms with Gasteiger partial charge in [0.15, 0.2) is 0 Å². The Morgan fingerprint density at radius 3 is 1.50 bits per heavy atom. The average Bonchev–Trinajstić information content (AvgIpc) is 2.75. The van der Waals surface area contributed by atoms with Crippen LogP contribution in [0.3, 0.4) is 0 Å². The third kappa shape index (κ3) is 3.00. The Morgan fingerprint density at radius 2 is 1.04 bits per heavy atom. The Kier molecular flexibility index (Phi) is 4.51. The first-order chi connectivity index (χ1) is 12.8. The van der Waals surface area contributed by atoms with Crippen molar-refractivity contribution in [1.29, 1.82) is 0 Å². The summed E-state index contributed by atoms with van der Waals surface area (Å²) in [5.74, 6) is 0.